The van der Waals surface area contributed by atoms with Gasteiger partial charge in [-0.3, -0.25) is 0 Å². The lowest BCUT2D eigenvalue weighted by Crippen LogP contribution is -2.58. The second kappa shape index (κ2) is 8.76. The summed E-state index contributed by atoms with van der Waals surface area (Å²) < 4.78 is 5.81. The molecule has 0 bridgehead atoms. The average molecular weight is 415 g/mol. The molecular weight excluding hydrogens is 384 g/mol. The van der Waals surface area contributed by atoms with Crippen molar-refractivity contribution in [1.82, 2.24) is 10.2 Å². The predicted octanol–water partition coefficient (Wildman–Crippen LogP) is 5.27. The number of nitrogens with zero attached hydrogens (tertiary/aromatic N) is 1. The highest BCUT2D eigenvalue weighted by Crippen LogP contribution is 2.40. The Bertz CT molecular complexity index is 817. The van der Waals surface area contributed by atoms with Crippen molar-refractivity contribution >= 4 is 17.7 Å². The summed E-state index contributed by atoms with van der Waals surface area (Å²) in [6.45, 7) is 9.84. The zero-order valence-electron chi connectivity index (χ0n) is 17.7. The van der Waals surface area contributed by atoms with E-state index in [0.29, 0.717) is 18.1 Å². The molecule has 0 spiro atoms. The molecule has 1 aliphatic rings. The number of halogens is 1. The van der Waals surface area contributed by atoms with Gasteiger partial charge in [0.25, 0.3) is 0 Å². The SMILES string of the molecule is CCN(C(=O)OC(C)(C)C)[C@]1(Cc2ccccc2)CNC[C@H]1c1ccc(Cl)cc1. The lowest BCUT2D eigenvalue weighted by atomic mass is 9.76. The monoisotopic (exact) mass is 414 g/mol. The maximum Gasteiger partial charge on any atom is 0.410 e. The standard InChI is InChI=1S/C24H31ClN2O2/c1-5-27(22(28)29-23(2,3)4)24(15-18-9-7-6-8-10-18)17-26-16-21(24)19-11-13-20(25)14-12-19/h6-14,21,26H,5,15-17H2,1-4H3/t21-,24+/m0/s1. The molecule has 0 aliphatic carbocycles. The van der Waals surface area contributed by atoms with Crippen LogP contribution in [0.1, 0.15) is 44.7 Å². The molecule has 29 heavy (non-hydrogen) atoms. The van der Waals surface area contributed by atoms with Crippen LogP contribution in [-0.4, -0.2) is 41.8 Å². The van der Waals surface area contributed by atoms with E-state index in [1.807, 2.05) is 62.9 Å². The van der Waals surface area contributed by atoms with Crippen molar-refractivity contribution in [2.45, 2.75) is 51.2 Å². The van der Waals surface area contributed by atoms with Crippen LogP contribution in [0.5, 0.6) is 0 Å². The van der Waals surface area contributed by atoms with E-state index in [9.17, 15) is 4.79 Å². The molecule has 3 rings (SSSR count). The number of ether oxygens (including phenoxy) is 1. The van der Waals surface area contributed by atoms with Crippen molar-refractivity contribution in [3.63, 3.8) is 0 Å². The number of nitrogens with one attached hydrogen (secondary N) is 1. The zero-order chi connectivity index (χ0) is 21.1. The normalized spacial score (nSPS) is 21.8. The number of carbonyl (C=O) groups is 1. The van der Waals surface area contributed by atoms with Crippen molar-refractivity contribution < 1.29 is 9.53 Å². The molecule has 156 valence electrons. The molecule has 2 atom stereocenters. The quantitative estimate of drug-likeness (QED) is 0.725. The molecule has 1 heterocycles. The fraction of sp³-hybridized carbons (Fsp3) is 0.458. The molecular formula is C24H31ClN2O2. The molecule has 1 N–H and O–H groups in total. The van der Waals surface area contributed by atoms with E-state index < -0.39 is 11.1 Å². The summed E-state index contributed by atoms with van der Waals surface area (Å²) in [4.78, 5) is 15.2. The van der Waals surface area contributed by atoms with Gasteiger partial charge >= 0.3 is 6.09 Å². The molecule has 1 fully saturated rings. The van der Waals surface area contributed by atoms with E-state index in [1.165, 1.54) is 11.1 Å². The van der Waals surface area contributed by atoms with Gasteiger partial charge in [0.05, 0.1) is 5.54 Å². The summed E-state index contributed by atoms with van der Waals surface area (Å²) in [6, 6.07) is 18.4. The highest BCUT2D eigenvalue weighted by molar-refractivity contribution is 6.30. The number of rotatable bonds is 5. The molecule has 1 aliphatic heterocycles. The Morgan fingerprint density at radius 1 is 1.17 bits per heavy atom. The highest BCUT2D eigenvalue weighted by atomic mass is 35.5. The minimum Gasteiger partial charge on any atom is -0.444 e. The Morgan fingerprint density at radius 3 is 2.41 bits per heavy atom. The van der Waals surface area contributed by atoms with E-state index in [2.05, 4.69) is 29.6 Å². The van der Waals surface area contributed by atoms with Crippen LogP contribution < -0.4 is 5.32 Å². The van der Waals surface area contributed by atoms with Gasteiger partial charge in [-0.25, -0.2) is 4.79 Å². The van der Waals surface area contributed by atoms with Gasteiger partial charge in [0.2, 0.25) is 0 Å². The van der Waals surface area contributed by atoms with Crippen molar-refractivity contribution in [1.29, 1.82) is 0 Å². The van der Waals surface area contributed by atoms with Crippen LogP contribution >= 0.6 is 11.6 Å². The minimum atomic E-state index is -0.541. The van der Waals surface area contributed by atoms with Crippen LogP contribution in [-0.2, 0) is 11.2 Å². The van der Waals surface area contributed by atoms with E-state index in [1.54, 1.807) is 0 Å². The fourth-order valence-electron chi connectivity index (χ4n) is 4.33. The molecule has 0 saturated carbocycles. The predicted molar refractivity (Wildman–Crippen MR) is 119 cm³/mol. The Labute approximate surface area is 179 Å². The number of likely N-dealkylation sites (N-methyl/N-ethyl adjacent to an activating group) is 1. The summed E-state index contributed by atoms with van der Waals surface area (Å²) >= 11 is 6.13. The van der Waals surface area contributed by atoms with Crippen molar-refractivity contribution in [2.24, 2.45) is 0 Å². The lowest BCUT2D eigenvalue weighted by Gasteiger charge is -2.45. The minimum absolute atomic E-state index is 0.132. The first kappa shape index (κ1) is 21.7. The summed E-state index contributed by atoms with van der Waals surface area (Å²) in [7, 11) is 0. The molecule has 2 aromatic carbocycles. The molecule has 2 aromatic rings. The van der Waals surface area contributed by atoms with E-state index in [0.717, 1.165) is 13.0 Å². The molecule has 5 heteroatoms. The van der Waals surface area contributed by atoms with Crippen molar-refractivity contribution in [2.75, 3.05) is 19.6 Å². The Balaban J connectivity index is 2.05. The number of hydrogen-bond acceptors (Lipinski definition) is 3. The smallest absolute Gasteiger partial charge is 0.410 e. The summed E-state index contributed by atoms with van der Waals surface area (Å²) in [5.74, 6) is 0.132. The van der Waals surface area contributed by atoms with E-state index in [4.69, 9.17) is 16.3 Å². The third kappa shape index (κ3) is 4.93. The van der Waals surface area contributed by atoms with Gasteiger partial charge in [-0.05, 0) is 57.4 Å². The van der Waals surface area contributed by atoms with Crippen LogP contribution in [0.4, 0.5) is 4.79 Å². The number of carbonyl (C=O) groups excluding carboxylic acids is 1. The topological polar surface area (TPSA) is 41.6 Å². The van der Waals surface area contributed by atoms with Gasteiger partial charge in [0.1, 0.15) is 5.60 Å². The Morgan fingerprint density at radius 2 is 1.83 bits per heavy atom. The Hall–Kier alpha value is -2.04. The molecule has 0 aromatic heterocycles. The molecule has 4 nitrogen and oxygen atoms in total. The average Bonchev–Trinajstić information content (AvgIpc) is 3.06. The van der Waals surface area contributed by atoms with Crippen molar-refractivity contribution in [3.05, 3.63) is 70.7 Å². The summed E-state index contributed by atoms with van der Waals surface area (Å²) in [5, 5.41) is 4.26. The second-order valence-corrected chi connectivity index (χ2v) is 9.16. The van der Waals surface area contributed by atoms with Gasteiger partial charge < -0.3 is 15.0 Å². The van der Waals surface area contributed by atoms with Crippen LogP contribution in [0.25, 0.3) is 0 Å². The molecule has 0 radical (unpaired) electrons. The van der Waals surface area contributed by atoms with Gasteiger partial charge in [0, 0.05) is 30.6 Å². The van der Waals surface area contributed by atoms with E-state index in [-0.39, 0.29) is 12.0 Å². The van der Waals surface area contributed by atoms with E-state index >= 15 is 0 Å². The van der Waals surface area contributed by atoms with Crippen LogP contribution in [0.3, 0.4) is 0 Å². The van der Waals surface area contributed by atoms with Crippen LogP contribution in [0.2, 0.25) is 5.02 Å². The Kier molecular flexibility index (Phi) is 6.55. The fourth-order valence-corrected chi connectivity index (χ4v) is 4.45. The number of benzene rings is 2. The van der Waals surface area contributed by atoms with Crippen LogP contribution in [0, 0.1) is 0 Å². The third-order valence-corrected chi connectivity index (χ3v) is 5.77. The molecule has 1 saturated heterocycles. The zero-order valence-corrected chi connectivity index (χ0v) is 18.5. The van der Waals surface area contributed by atoms with Gasteiger partial charge in [-0.1, -0.05) is 54.1 Å². The third-order valence-electron chi connectivity index (χ3n) is 5.52. The molecule has 0 unspecified atom stereocenters. The first-order valence-electron chi connectivity index (χ1n) is 10.3. The van der Waals surface area contributed by atoms with Crippen molar-refractivity contribution in [3.8, 4) is 0 Å². The van der Waals surface area contributed by atoms with Gasteiger partial charge in [-0.15, -0.1) is 0 Å². The summed E-state index contributed by atoms with van der Waals surface area (Å²) in [5.41, 5.74) is 1.42. The van der Waals surface area contributed by atoms with Crippen LogP contribution in [0.15, 0.2) is 54.6 Å². The summed E-state index contributed by atoms with van der Waals surface area (Å²) in [6.07, 6.45) is 0.486. The largest absolute Gasteiger partial charge is 0.444 e. The lowest BCUT2D eigenvalue weighted by molar-refractivity contribution is -0.00194. The molecule has 1 amide bonds. The first-order valence-corrected chi connectivity index (χ1v) is 10.6. The van der Waals surface area contributed by atoms with Gasteiger partial charge in [-0.2, -0.15) is 0 Å². The number of amides is 1. The maximum atomic E-state index is 13.3. The highest BCUT2D eigenvalue weighted by Gasteiger charge is 2.50. The first-order chi connectivity index (χ1) is 13.7. The number of hydrogen-bond donors (Lipinski definition) is 1. The second-order valence-electron chi connectivity index (χ2n) is 8.73. The maximum absolute atomic E-state index is 13.3. The van der Waals surface area contributed by atoms with Gasteiger partial charge in [0.15, 0.2) is 0 Å².